The van der Waals surface area contributed by atoms with Gasteiger partial charge in [0, 0.05) is 31.7 Å². The largest absolute Gasteiger partial charge is 0.508 e. The van der Waals surface area contributed by atoms with E-state index < -0.39 is 0 Å². The van der Waals surface area contributed by atoms with Gasteiger partial charge < -0.3 is 26.4 Å². The van der Waals surface area contributed by atoms with Gasteiger partial charge in [-0.1, -0.05) is 302 Å². The number of fused-ring (bicyclic) bond motifs is 12. The molecule has 0 bridgehead atoms. The number of hydrogen-bond donors (Lipinski definition) is 5. The number of amides is 4. The van der Waals surface area contributed by atoms with E-state index in [1.165, 1.54) is 179 Å². The summed E-state index contributed by atoms with van der Waals surface area (Å²) in [5, 5.41) is 22.5. The molecule has 0 aliphatic heterocycles. The van der Waals surface area contributed by atoms with Gasteiger partial charge in [0.25, 0.3) is 0 Å². The first-order valence-corrected chi connectivity index (χ1v) is 47.9. The number of benzene rings is 8. The molecule has 4 amide bonds. The highest BCUT2D eigenvalue weighted by molar-refractivity contribution is 9.10. The van der Waals surface area contributed by atoms with E-state index in [2.05, 4.69) is 134 Å². The Balaban J connectivity index is 0.000000120. The fraction of sp³-hybridized carbons (Fsp3) is 0.370. The molecule has 0 radical (unpaired) electrons. The Morgan fingerprint density at radius 3 is 0.828 bits per heavy atom. The van der Waals surface area contributed by atoms with E-state index in [1.807, 2.05) is 48.5 Å². The van der Waals surface area contributed by atoms with Crippen LogP contribution in [0.3, 0.4) is 0 Å². The second-order valence-electron chi connectivity index (χ2n) is 36.2. The van der Waals surface area contributed by atoms with Crippen LogP contribution < -0.4 is 21.3 Å². The van der Waals surface area contributed by atoms with E-state index in [0.717, 1.165) is 178 Å². The van der Waals surface area contributed by atoms with Crippen molar-refractivity contribution >= 4 is 74.4 Å². The second-order valence-corrected chi connectivity index (χ2v) is 37.5. The standard InChI is InChI=1S/C27H28BrN3O.C27H28ClN3O.C27H28FN3O.C27H29N3O2/c3*28-21-13-10-19(11-14-21)17-25(32)31-27-24(16-18-6-2-1-3-7-18)29-26-22-9-5-4-8-20(22)12-15-23(26)30-27;31-21-13-10-19(11-14-21)17-25(32)30-27-24(16-18-6-2-1-3-7-18)28-26-22-9-5-4-8-20(22)12-15-23(26)29-27/h3*4-5,8-11,13-14,18H,1-3,6-7,12,15-17H2,(H,30,31,32);4-5,8-11,13-14,18,31H,1-3,6-7,12,15-17H2,(H,29,30,32). The summed E-state index contributed by atoms with van der Waals surface area (Å²) < 4.78 is 14.2. The number of anilines is 4. The summed E-state index contributed by atoms with van der Waals surface area (Å²) in [5.74, 6) is 4.49. The highest BCUT2D eigenvalue weighted by Gasteiger charge is 2.31. The number of rotatable bonds is 20. The Kier molecular flexibility index (Phi) is 29.4. The van der Waals surface area contributed by atoms with E-state index in [9.17, 15) is 28.7 Å². The van der Waals surface area contributed by atoms with Crippen molar-refractivity contribution in [2.45, 2.75) is 231 Å². The molecule has 8 aliphatic rings. The van der Waals surface area contributed by atoms with Gasteiger partial charge in [0.05, 0.1) is 94.0 Å². The summed E-state index contributed by atoms with van der Waals surface area (Å²) in [7, 11) is 0. The molecule has 17 nitrogen and oxygen atoms in total. The van der Waals surface area contributed by atoms with Gasteiger partial charge in [-0.15, -0.1) is 0 Å². The first kappa shape index (κ1) is 88.5. The summed E-state index contributed by atoms with van der Waals surface area (Å²) in [5.41, 5.74) is 25.1. The van der Waals surface area contributed by atoms with Crippen LogP contribution in [0.15, 0.2) is 199 Å². The molecule has 12 aromatic rings. The van der Waals surface area contributed by atoms with Crippen molar-refractivity contribution in [2.75, 3.05) is 21.3 Å². The Hall–Kier alpha value is -11.5. The van der Waals surface area contributed by atoms with Crippen molar-refractivity contribution in [3.63, 3.8) is 0 Å². The molecule has 656 valence electrons. The Morgan fingerprint density at radius 2 is 0.555 bits per heavy atom. The van der Waals surface area contributed by atoms with Crippen LogP contribution in [0, 0.1) is 29.5 Å². The first-order valence-electron chi connectivity index (χ1n) is 46.7. The Labute approximate surface area is 764 Å². The van der Waals surface area contributed by atoms with Crippen LogP contribution in [0.4, 0.5) is 27.7 Å². The highest BCUT2D eigenvalue weighted by atomic mass is 79.9. The molecule has 4 heterocycles. The number of aryl methyl sites for hydroxylation is 8. The van der Waals surface area contributed by atoms with Gasteiger partial charge in [0.2, 0.25) is 23.6 Å². The molecule has 0 atom stereocenters. The molecular formula is C108H113BrClFN12O5. The van der Waals surface area contributed by atoms with E-state index in [1.54, 1.807) is 36.4 Å². The van der Waals surface area contributed by atoms with E-state index >= 15 is 0 Å². The zero-order valence-corrected chi connectivity index (χ0v) is 75.4. The molecule has 8 aliphatic carbocycles. The molecule has 20 heteroatoms. The van der Waals surface area contributed by atoms with E-state index in [0.29, 0.717) is 64.8 Å². The summed E-state index contributed by atoms with van der Waals surface area (Å²) in [4.78, 5) is 91.6. The molecule has 8 aromatic carbocycles. The van der Waals surface area contributed by atoms with Crippen LogP contribution in [0.5, 0.6) is 5.75 Å². The Bertz CT molecular complexity index is 5210. The van der Waals surface area contributed by atoms with Crippen molar-refractivity contribution in [3.8, 4) is 50.8 Å². The first-order chi connectivity index (χ1) is 62.6. The van der Waals surface area contributed by atoms with Gasteiger partial charge in [-0.2, -0.15) is 0 Å². The number of hydrogen-bond acceptors (Lipinski definition) is 13. The molecule has 0 unspecified atom stereocenters. The van der Waals surface area contributed by atoms with Crippen LogP contribution in [0.25, 0.3) is 45.0 Å². The number of aromatic hydroxyl groups is 1. The molecule has 5 N–H and O–H groups in total. The minimum absolute atomic E-state index is 0.0392. The third kappa shape index (κ3) is 23.1. The SMILES string of the molecule is O=C(Cc1ccc(Br)cc1)Nc1nc2c(nc1CC1CCCCC1)-c1ccccc1CC2.O=C(Cc1ccc(Cl)cc1)Nc1nc2c(nc1CC1CCCCC1)-c1ccccc1CC2.O=C(Cc1ccc(F)cc1)Nc1nc2c(nc1CC1CCCCC1)-c1ccccc1CC2.O=C(Cc1ccc(O)cc1)Nc1nc2c(nc1CC1CCCCC1)-c1ccccc1CC2. The number of carbonyl (C=O) groups is 4. The second kappa shape index (κ2) is 42.6. The van der Waals surface area contributed by atoms with E-state index in [-0.39, 0.29) is 48.0 Å². The van der Waals surface area contributed by atoms with Gasteiger partial charge in [-0.25, -0.2) is 44.3 Å². The monoisotopic (exact) mass is 1790 g/mol. The predicted molar refractivity (Wildman–Crippen MR) is 510 cm³/mol. The van der Waals surface area contributed by atoms with Crippen molar-refractivity contribution in [3.05, 3.63) is 299 Å². The van der Waals surface area contributed by atoms with Gasteiger partial charge in [0.1, 0.15) is 11.6 Å². The van der Waals surface area contributed by atoms with Gasteiger partial charge in [-0.3, -0.25) is 19.2 Å². The molecule has 4 saturated carbocycles. The topological polar surface area (TPSA) is 240 Å². The lowest BCUT2D eigenvalue weighted by molar-refractivity contribution is -0.116. The van der Waals surface area contributed by atoms with E-state index in [4.69, 9.17) is 51.5 Å². The van der Waals surface area contributed by atoms with Gasteiger partial charge in [-0.05, 0) is 194 Å². The van der Waals surface area contributed by atoms with Crippen LogP contribution in [-0.2, 0) is 122 Å². The van der Waals surface area contributed by atoms with Crippen molar-refractivity contribution in [2.24, 2.45) is 23.7 Å². The molecule has 4 aromatic heterocycles. The zero-order valence-electron chi connectivity index (χ0n) is 73.0. The summed E-state index contributed by atoms with van der Waals surface area (Å²) in [6.07, 6.45) is 37.0. The van der Waals surface area contributed by atoms with Gasteiger partial charge >= 0.3 is 0 Å². The number of halogens is 3. The fourth-order valence-corrected chi connectivity index (χ4v) is 20.4. The lowest BCUT2D eigenvalue weighted by Crippen LogP contribution is -2.21. The maximum Gasteiger partial charge on any atom is 0.229 e. The maximum absolute atomic E-state index is 13.2. The number of phenolic OH excluding ortho intramolecular Hbond substituents is 1. The van der Waals surface area contributed by atoms with Crippen LogP contribution >= 0.6 is 27.5 Å². The van der Waals surface area contributed by atoms with Crippen LogP contribution in [-0.4, -0.2) is 68.6 Å². The molecule has 128 heavy (non-hydrogen) atoms. The van der Waals surface area contributed by atoms with Crippen molar-refractivity contribution < 1.29 is 28.7 Å². The van der Waals surface area contributed by atoms with Crippen molar-refractivity contribution in [1.29, 1.82) is 0 Å². The highest BCUT2D eigenvalue weighted by Crippen LogP contribution is 2.42. The average Bonchev–Trinajstić information content (AvgIpc) is 0.786. The third-order valence-electron chi connectivity index (χ3n) is 26.8. The molecule has 20 rings (SSSR count). The molecule has 0 saturated heterocycles. The minimum Gasteiger partial charge on any atom is -0.508 e. The van der Waals surface area contributed by atoms with Crippen LogP contribution in [0.1, 0.15) is 218 Å². The molecule has 4 fully saturated rings. The minimum atomic E-state index is -0.301. The third-order valence-corrected chi connectivity index (χ3v) is 27.5. The normalized spacial score (nSPS) is 15.6. The smallest absolute Gasteiger partial charge is 0.229 e. The molecule has 0 spiro atoms. The average molecular weight is 1790 g/mol. The number of nitrogens with one attached hydrogen (secondary N) is 4. The lowest BCUT2D eigenvalue weighted by atomic mass is 9.85. The number of carbonyl (C=O) groups excluding carboxylic acids is 4. The fourth-order valence-electron chi connectivity index (χ4n) is 20.0. The van der Waals surface area contributed by atoms with Crippen molar-refractivity contribution in [1.82, 2.24) is 39.9 Å². The molecular weight excluding hydrogens is 1680 g/mol. The number of aromatic nitrogens is 8. The zero-order chi connectivity index (χ0) is 87.7. The number of nitrogens with zero attached hydrogens (tertiary/aromatic N) is 8. The summed E-state index contributed by atoms with van der Waals surface area (Å²) in [6.45, 7) is 0. The summed E-state index contributed by atoms with van der Waals surface area (Å²) in [6, 6.07) is 62.0. The Morgan fingerprint density at radius 1 is 0.312 bits per heavy atom. The maximum atomic E-state index is 13.2. The van der Waals surface area contributed by atoms with Gasteiger partial charge in [0.15, 0.2) is 23.3 Å². The predicted octanol–water partition coefficient (Wildman–Crippen LogP) is 23.4. The summed E-state index contributed by atoms with van der Waals surface area (Å²) >= 11 is 9.43. The number of phenols is 1. The van der Waals surface area contributed by atoms with Crippen LogP contribution in [0.2, 0.25) is 5.02 Å². The quantitative estimate of drug-likeness (QED) is 0.0478. The lowest BCUT2D eigenvalue weighted by Gasteiger charge is -2.24.